The van der Waals surface area contributed by atoms with Gasteiger partial charge >= 0.3 is 0 Å². The van der Waals surface area contributed by atoms with Gasteiger partial charge in [-0.2, -0.15) is 0 Å². The molecule has 0 spiro atoms. The van der Waals surface area contributed by atoms with Crippen LogP contribution in [0.25, 0.3) is 0 Å². The first-order chi connectivity index (χ1) is 16.2. The van der Waals surface area contributed by atoms with Gasteiger partial charge in [0.2, 0.25) is 0 Å². The molecule has 0 bridgehead atoms. The Labute approximate surface area is 208 Å². The highest BCUT2D eigenvalue weighted by atomic mass is 16.5. The Bertz CT molecular complexity index is 420. The van der Waals surface area contributed by atoms with Gasteiger partial charge in [0.05, 0.1) is 19.3 Å². The zero-order valence-corrected chi connectivity index (χ0v) is 23.0. The summed E-state index contributed by atoms with van der Waals surface area (Å²) in [4.78, 5) is 2.22. The lowest BCUT2D eigenvalue weighted by atomic mass is 10.1. The van der Waals surface area contributed by atoms with Crippen LogP contribution in [0, 0.1) is 0 Å². The highest BCUT2D eigenvalue weighted by Gasteiger charge is 2.11. The predicted molar refractivity (Wildman–Crippen MR) is 147 cm³/mol. The molecule has 0 aromatic heterocycles. The van der Waals surface area contributed by atoms with Crippen molar-refractivity contribution in [1.29, 1.82) is 0 Å². The molecule has 0 saturated heterocycles. The van der Waals surface area contributed by atoms with Gasteiger partial charge in [-0.3, -0.25) is 0 Å². The predicted octanol–water partition coefficient (Wildman–Crippen LogP) is 8.73. The number of nitrogens with zero attached hydrogens (tertiary/aromatic N) is 1. The molecule has 3 heteroatoms. The Morgan fingerprint density at radius 1 is 0.545 bits per heavy atom. The highest BCUT2D eigenvalue weighted by molar-refractivity contribution is 4.92. The van der Waals surface area contributed by atoms with Gasteiger partial charge in [-0.1, -0.05) is 102 Å². The number of hydrogen-bond donors (Lipinski definition) is 0. The van der Waals surface area contributed by atoms with Crippen LogP contribution in [0.2, 0.25) is 0 Å². The van der Waals surface area contributed by atoms with Gasteiger partial charge in [-0.05, 0) is 59.0 Å². The number of allylic oxidation sites excluding steroid dienone is 4. The summed E-state index contributed by atoms with van der Waals surface area (Å²) >= 11 is 0. The molecule has 196 valence electrons. The molecule has 3 nitrogen and oxygen atoms in total. The molecule has 0 amide bonds. The lowest BCUT2D eigenvalue weighted by Crippen LogP contribution is -2.37. The average Bonchev–Trinajstić information content (AvgIpc) is 2.81. The number of rotatable bonds is 26. The van der Waals surface area contributed by atoms with E-state index in [0.29, 0.717) is 6.04 Å². The van der Waals surface area contributed by atoms with Gasteiger partial charge in [-0.25, -0.2) is 0 Å². The Morgan fingerprint density at radius 2 is 0.970 bits per heavy atom. The van der Waals surface area contributed by atoms with Crippen LogP contribution in [0.3, 0.4) is 0 Å². The van der Waals surface area contributed by atoms with E-state index < -0.39 is 0 Å². The van der Waals surface area contributed by atoms with E-state index >= 15 is 0 Å². The summed E-state index contributed by atoms with van der Waals surface area (Å²) in [7, 11) is 4.24. The number of likely N-dealkylation sites (N-methyl/N-ethyl adjacent to an activating group) is 1. The smallest absolute Gasteiger partial charge is 0.0644 e. The van der Waals surface area contributed by atoms with E-state index in [0.717, 1.165) is 32.8 Å². The summed E-state index contributed by atoms with van der Waals surface area (Å²) in [5.41, 5.74) is 0. The fraction of sp³-hybridized carbons (Fsp3) is 0.867. The monoisotopic (exact) mass is 465 g/mol. The highest BCUT2D eigenvalue weighted by Crippen LogP contribution is 2.10. The number of hydrogen-bond acceptors (Lipinski definition) is 3. The summed E-state index contributed by atoms with van der Waals surface area (Å²) in [5.74, 6) is 0. The van der Waals surface area contributed by atoms with E-state index in [4.69, 9.17) is 9.47 Å². The third kappa shape index (κ3) is 25.8. The van der Waals surface area contributed by atoms with Crippen LogP contribution in [-0.4, -0.2) is 51.5 Å². The molecule has 0 unspecified atom stereocenters. The van der Waals surface area contributed by atoms with Gasteiger partial charge in [0.1, 0.15) is 0 Å². The lowest BCUT2D eigenvalue weighted by Gasteiger charge is -2.24. The summed E-state index contributed by atoms with van der Waals surface area (Å²) in [6, 6.07) is 0.369. The summed E-state index contributed by atoms with van der Waals surface area (Å²) in [6.45, 7) is 7.82. The Morgan fingerprint density at radius 3 is 1.48 bits per heavy atom. The molecule has 0 heterocycles. The van der Waals surface area contributed by atoms with Crippen molar-refractivity contribution in [3.8, 4) is 0 Å². The lowest BCUT2D eigenvalue weighted by molar-refractivity contribution is 0.0198. The van der Waals surface area contributed by atoms with E-state index in [1.807, 2.05) is 0 Å². The first-order valence-corrected chi connectivity index (χ1v) is 14.3. The maximum atomic E-state index is 5.93. The van der Waals surface area contributed by atoms with Gasteiger partial charge in [0, 0.05) is 13.2 Å². The van der Waals surface area contributed by atoms with Crippen molar-refractivity contribution in [2.24, 2.45) is 0 Å². The van der Waals surface area contributed by atoms with Crippen molar-refractivity contribution in [2.75, 3.05) is 40.5 Å². The van der Waals surface area contributed by atoms with Crippen molar-refractivity contribution in [1.82, 2.24) is 4.90 Å². The zero-order chi connectivity index (χ0) is 24.2. The van der Waals surface area contributed by atoms with Crippen LogP contribution in [-0.2, 0) is 9.47 Å². The normalized spacial score (nSPS) is 13.1. The minimum atomic E-state index is 0.369. The largest absolute Gasteiger partial charge is 0.380 e. The van der Waals surface area contributed by atoms with Gasteiger partial charge < -0.3 is 14.4 Å². The minimum absolute atomic E-state index is 0.369. The molecule has 0 rings (SSSR count). The Balaban J connectivity index is 3.37. The van der Waals surface area contributed by atoms with Crippen LogP contribution in [0.4, 0.5) is 0 Å². The molecule has 0 aliphatic heterocycles. The SMILES string of the molecule is CCCCCC=CCC=CCCCCCCCCCCOC[C@H](COCCCCC)N(C)C. The van der Waals surface area contributed by atoms with E-state index in [1.54, 1.807) is 0 Å². The second-order valence-corrected chi connectivity index (χ2v) is 9.77. The van der Waals surface area contributed by atoms with Crippen molar-refractivity contribution >= 4 is 0 Å². The standard InChI is InChI=1S/C30H59NO2/c1-5-7-9-10-11-12-13-14-15-16-17-18-19-20-21-22-23-25-27-33-29-30(31(3)4)28-32-26-24-8-6-2/h11-12,14-15,30H,5-10,13,16-29H2,1-4H3/t30-/m0/s1. The molecule has 0 aromatic carbocycles. The quantitative estimate of drug-likeness (QED) is 0.0941. The molecule has 33 heavy (non-hydrogen) atoms. The van der Waals surface area contributed by atoms with Crippen molar-refractivity contribution in [3.05, 3.63) is 24.3 Å². The second-order valence-electron chi connectivity index (χ2n) is 9.77. The van der Waals surface area contributed by atoms with Crippen LogP contribution in [0.5, 0.6) is 0 Å². The molecule has 0 saturated carbocycles. The van der Waals surface area contributed by atoms with E-state index in [2.05, 4.69) is 57.1 Å². The Kier molecular flexibility index (Phi) is 27.1. The van der Waals surface area contributed by atoms with Crippen LogP contribution < -0.4 is 0 Å². The average molecular weight is 466 g/mol. The molecule has 0 fully saturated rings. The zero-order valence-electron chi connectivity index (χ0n) is 23.0. The fourth-order valence-electron chi connectivity index (χ4n) is 3.79. The van der Waals surface area contributed by atoms with Crippen LogP contribution in [0.15, 0.2) is 24.3 Å². The number of ether oxygens (including phenoxy) is 2. The summed E-state index contributed by atoms with van der Waals surface area (Å²) in [5, 5.41) is 0. The van der Waals surface area contributed by atoms with Gasteiger partial charge in [0.25, 0.3) is 0 Å². The van der Waals surface area contributed by atoms with E-state index in [-0.39, 0.29) is 0 Å². The minimum Gasteiger partial charge on any atom is -0.380 e. The Hall–Kier alpha value is -0.640. The molecule has 0 N–H and O–H groups in total. The topological polar surface area (TPSA) is 21.7 Å². The fourth-order valence-corrected chi connectivity index (χ4v) is 3.79. The summed E-state index contributed by atoms with van der Waals surface area (Å²) < 4.78 is 11.8. The maximum absolute atomic E-state index is 5.93. The van der Waals surface area contributed by atoms with Gasteiger partial charge in [0.15, 0.2) is 0 Å². The van der Waals surface area contributed by atoms with Crippen LogP contribution in [0.1, 0.15) is 123 Å². The number of unbranched alkanes of at least 4 members (excludes halogenated alkanes) is 13. The molecule has 0 aliphatic rings. The molecular weight excluding hydrogens is 406 g/mol. The summed E-state index contributed by atoms with van der Waals surface area (Å²) in [6.07, 6.45) is 31.4. The van der Waals surface area contributed by atoms with Crippen molar-refractivity contribution in [2.45, 2.75) is 129 Å². The third-order valence-electron chi connectivity index (χ3n) is 6.23. The molecule has 1 atom stereocenters. The molecule has 0 aliphatic carbocycles. The first-order valence-electron chi connectivity index (χ1n) is 14.3. The molecule has 0 radical (unpaired) electrons. The van der Waals surface area contributed by atoms with Crippen molar-refractivity contribution < 1.29 is 9.47 Å². The van der Waals surface area contributed by atoms with Crippen LogP contribution >= 0.6 is 0 Å². The molecular formula is C30H59NO2. The second kappa shape index (κ2) is 27.6. The van der Waals surface area contributed by atoms with E-state index in [1.165, 1.54) is 103 Å². The van der Waals surface area contributed by atoms with Crippen molar-refractivity contribution in [3.63, 3.8) is 0 Å². The maximum Gasteiger partial charge on any atom is 0.0644 e. The van der Waals surface area contributed by atoms with Gasteiger partial charge in [-0.15, -0.1) is 0 Å². The first kappa shape index (κ1) is 32.4. The molecule has 0 aromatic rings. The third-order valence-corrected chi connectivity index (χ3v) is 6.23. The van der Waals surface area contributed by atoms with E-state index in [9.17, 15) is 0 Å².